The van der Waals surface area contributed by atoms with Gasteiger partial charge in [-0.2, -0.15) is 0 Å². The van der Waals surface area contributed by atoms with Crippen LogP contribution in [0.2, 0.25) is 0 Å². The summed E-state index contributed by atoms with van der Waals surface area (Å²) in [7, 11) is -3.07. The molecule has 0 aliphatic heterocycles. The summed E-state index contributed by atoms with van der Waals surface area (Å²) in [6.07, 6.45) is 7.26. The van der Waals surface area contributed by atoms with Crippen LogP contribution in [0.3, 0.4) is 0 Å². The van der Waals surface area contributed by atoms with Crippen LogP contribution in [0.1, 0.15) is 58.8 Å². The van der Waals surface area contributed by atoms with Crippen molar-refractivity contribution in [2.24, 2.45) is 5.92 Å². The summed E-state index contributed by atoms with van der Waals surface area (Å²) in [5, 5.41) is 3.21. The lowest BCUT2D eigenvalue weighted by molar-refractivity contribution is 0.306. The SMILES string of the molecule is CCNCCCCS(=O)(=O)NC1CCC(CC)CC1. The average Bonchev–Trinajstić information content (AvgIpc) is 2.39. The molecule has 1 aliphatic rings. The number of hydrogen-bond acceptors (Lipinski definition) is 3. The standard InChI is InChI=1S/C14H30N2O2S/c1-3-13-7-9-14(10-8-13)16-19(17,18)12-6-5-11-15-4-2/h13-16H,3-12H2,1-2H3. The highest BCUT2D eigenvalue weighted by Crippen LogP contribution is 2.26. The van der Waals surface area contributed by atoms with Crippen LogP contribution in [0.15, 0.2) is 0 Å². The lowest BCUT2D eigenvalue weighted by atomic mass is 9.85. The Morgan fingerprint density at radius 1 is 1.05 bits per heavy atom. The number of rotatable bonds is 9. The van der Waals surface area contributed by atoms with E-state index >= 15 is 0 Å². The van der Waals surface area contributed by atoms with Crippen LogP contribution in [0.4, 0.5) is 0 Å². The van der Waals surface area contributed by atoms with Crippen LogP contribution in [-0.4, -0.2) is 33.3 Å². The summed E-state index contributed by atoms with van der Waals surface area (Å²) in [4.78, 5) is 0. The maximum atomic E-state index is 12.0. The van der Waals surface area contributed by atoms with Crippen molar-refractivity contribution in [2.45, 2.75) is 64.8 Å². The van der Waals surface area contributed by atoms with Gasteiger partial charge in [0.05, 0.1) is 5.75 Å². The summed E-state index contributed by atoms with van der Waals surface area (Å²) >= 11 is 0. The molecule has 0 amide bonds. The lowest BCUT2D eigenvalue weighted by Crippen LogP contribution is -2.38. The summed E-state index contributed by atoms with van der Waals surface area (Å²) in [6, 6.07) is 0.182. The number of hydrogen-bond donors (Lipinski definition) is 2. The van der Waals surface area contributed by atoms with Gasteiger partial charge in [-0.3, -0.25) is 0 Å². The molecule has 114 valence electrons. The van der Waals surface area contributed by atoms with E-state index in [4.69, 9.17) is 0 Å². The first-order valence-corrected chi connectivity index (χ1v) is 9.43. The van der Waals surface area contributed by atoms with Gasteiger partial charge in [0.2, 0.25) is 10.0 Å². The van der Waals surface area contributed by atoms with E-state index in [2.05, 4.69) is 23.9 Å². The Kier molecular flexibility index (Phi) is 7.95. The van der Waals surface area contributed by atoms with Gasteiger partial charge in [-0.05, 0) is 57.5 Å². The van der Waals surface area contributed by atoms with Crippen molar-refractivity contribution in [1.82, 2.24) is 10.0 Å². The van der Waals surface area contributed by atoms with E-state index in [0.717, 1.165) is 44.7 Å². The van der Waals surface area contributed by atoms with E-state index < -0.39 is 10.0 Å². The number of unbranched alkanes of at least 4 members (excludes halogenated alkanes) is 1. The fourth-order valence-corrected chi connectivity index (χ4v) is 4.17. The molecule has 2 N–H and O–H groups in total. The minimum Gasteiger partial charge on any atom is -0.317 e. The Hall–Kier alpha value is -0.130. The van der Waals surface area contributed by atoms with Crippen LogP contribution in [0, 0.1) is 5.92 Å². The molecule has 1 saturated carbocycles. The topological polar surface area (TPSA) is 58.2 Å². The molecular weight excluding hydrogens is 260 g/mol. The molecule has 0 aromatic carbocycles. The average molecular weight is 290 g/mol. The fraction of sp³-hybridized carbons (Fsp3) is 1.00. The molecule has 0 saturated heterocycles. The van der Waals surface area contributed by atoms with Crippen molar-refractivity contribution in [2.75, 3.05) is 18.8 Å². The van der Waals surface area contributed by atoms with Crippen molar-refractivity contribution < 1.29 is 8.42 Å². The third-order valence-electron chi connectivity index (χ3n) is 4.04. The summed E-state index contributed by atoms with van der Waals surface area (Å²) in [5.41, 5.74) is 0. The summed E-state index contributed by atoms with van der Waals surface area (Å²) < 4.78 is 26.8. The second-order valence-electron chi connectivity index (χ2n) is 5.62. The van der Waals surface area contributed by atoms with Gasteiger partial charge in [-0.1, -0.05) is 20.3 Å². The monoisotopic (exact) mass is 290 g/mol. The largest absolute Gasteiger partial charge is 0.317 e. The highest BCUT2D eigenvalue weighted by Gasteiger charge is 2.23. The van der Waals surface area contributed by atoms with E-state index in [1.165, 1.54) is 19.3 Å². The quantitative estimate of drug-likeness (QED) is 0.640. The zero-order chi connectivity index (χ0) is 14.1. The highest BCUT2D eigenvalue weighted by atomic mass is 32.2. The molecule has 1 rings (SSSR count). The van der Waals surface area contributed by atoms with Gasteiger partial charge in [-0.15, -0.1) is 0 Å². The van der Waals surface area contributed by atoms with Gasteiger partial charge >= 0.3 is 0 Å². The molecule has 0 heterocycles. The van der Waals surface area contributed by atoms with Gasteiger partial charge in [-0.25, -0.2) is 13.1 Å². The molecule has 0 radical (unpaired) electrons. The predicted molar refractivity (Wildman–Crippen MR) is 80.7 cm³/mol. The molecule has 1 aliphatic carbocycles. The Morgan fingerprint density at radius 2 is 1.74 bits per heavy atom. The van der Waals surface area contributed by atoms with Crippen molar-refractivity contribution in [1.29, 1.82) is 0 Å². The van der Waals surface area contributed by atoms with Crippen LogP contribution in [0.25, 0.3) is 0 Å². The van der Waals surface area contributed by atoms with E-state index in [1.54, 1.807) is 0 Å². The van der Waals surface area contributed by atoms with Crippen molar-refractivity contribution in [3.05, 3.63) is 0 Å². The zero-order valence-electron chi connectivity index (χ0n) is 12.5. The Bertz CT molecular complexity index is 322. The zero-order valence-corrected chi connectivity index (χ0v) is 13.3. The second kappa shape index (κ2) is 8.93. The maximum absolute atomic E-state index is 12.0. The molecule has 19 heavy (non-hydrogen) atoms. The molecule has 0 aromatic rings. The summed E-state index contributed by atoms with van der Waals surface area (Å²) in [6.45, 7) is 6.14. The molecule has 4 nitrogen and oxygen atoms in total. The maximum Gasteiger partial charge on any atom is 0.211 e. The Morgan fingerprint density at radius 3 is 2.32 bits per heavy atom. The van der Waals surface area contributed by atoms with E-state index in [1.807, 2.05) is 0 Å². The van der Waals surface area contributed by atoms with E-state index in [9.17, 15) is 8.42 Å². The van der Waals surface area contributed by atoms with Crippen LogP contribution < -0.4 is 10.0 Å². The molecule has 0 aromatic heterocycles. The van der Waals surface area contributed by atoms with Crippen LogP contribution >= 0.6 is 0 Å². The smallest absolute Gasteiger partial charge is 0.211 e. The lowest BCUT2D eigenvalue weighted by Gasteiger charge is -2.28. The molecule has 0 unspecified atom stereocenters. The van der Waals surface area contributed by atoms with Gasteiger partial charge in [0.25, 0.3) is 0 Å². The first-order valence-electron chi connectivity index (χ1n) is 7.78. The van der Waals surface area contributed by atoms with Crippen LogP contribution in [-0.2, 0) is 10.0 Å². The second-order valence-corrected chi connectivity index (χ2v) is 7.50. The highest BCUT2D eigenvalue weighted by molar-refractivity contribution is 7.89. The van der Waals surface area contributed by atoms with Crippen molar-refractivity contribution >= 4 is 10.0 Å². The minimum absolute atomic E-state index is 0.182. The number of sulfonamides is 1. The van der Waals surface area contributed by atoms with E-state index in [-0.39, 0.29) is 11.8 Å². The third kappa shape index (κ3) is 7.28. The number of nitrogens with one attached hydrogen (secondary N) is 2. The molecule has 5 heteroatoms. The van der Waals surface area contributed by atoms with Gasteiger partial charge in [0.1, 0.15) is 0 Å². The molecular formula is C14H30N2O2S. The predicted octanol–water partition coefficient (Wildman–Crippen LogP) is 2.26. The summed E-state index contributed by atoms with van der Waals surface area (Å²) in [5.74, 6) is 1.08. The van der Waals surface area contributed by atoms with Gasteiger partial charge < -0.3 is 5.32 Å². The van der Waals surface area contributed by atoms with Crippen molar-refractivity contribution in [3.63, 3.8) is 0 Å². The molecule has 1 fully saturated rings. The Balaban J connectivity index is 2.19. The van der Waals surface area contributed by atoms with Gasteiger partial charge in [0.15, 0.2) is 0 Å². The Labute approximate surface area is 118 Å². The fourth-order valence-electron chi connectivity index (χ4n) is 2.72. The van der Waals surface area contributed by atoms with Gasteiger partial charge in [0, 0.05) is 6.04 Å². The first kappa shape index (κ1) is 16.9. The van der Waals surface area contributed by atoms with E-state index in [0.29, 0.717) is 0 Å². The molecule has 0 bridgehead atoms. The first-order chi connectivity index (χ1) is 9.07. The molecule has 0 spiro atoms. The normalized spacial score (nSPS) is 24.5. The minimum atomic E-state index is -3.07. The van der Waals surface area contributed by atoms with Crippen LogP contribution in [0.5, 0.6) is 0 Å². The van der Waals surface area contributed by atoms with Crippen molar-refractivity contribution in [3.8, 4) is 0 Å². The third-order valence-corrected chi connectivity index (χ3v) is 5.56. The molecule has 0 atom stereocenters.